The minimum atomic E-state index is -0.106. The predicted molar refractivity (Wildman–Crippen MR) is 58.1 cm³/mol. The predicted octanol–water partition coefficient (Wildman–Crippen LogP) is 2.43. The van der Waals surface area contributed by atoms with E-state index in [1.807, 2.05) is 19.1 Å². The first-order valence-electron chi connectivity index (χ1n) is 4.33. The number of benzene rings is 1. The molecule has 3 nitrogen and oxygen atoms in total. The maximum atomic E-state index is 7.10. The van der Waals surface area contributed by atoms with Crippen LogP contribution in [0.5, 0.6) is 5.75 Å². The number of ether oxygens (including phenoxy) is 1. The summed E-state index contributed by atoms with van der Waals surface area (Å²) < 4.78 is 5.50. The van der Waals surface area contributed by atoms with E-state index < -0.39 is 0 Å². The maximum Gasteiger partial charge on any atom is 0.121 e. The van der Waals surface area contributed by atoms with Crippen molar-refractivity contribution in [2.24, 2.45) is 5.73 Å². The fourth-order valence-electron chi connectivity index (χ4n) is 1.12. The highest BCUT2D eigenvalue weighted by Crippen LogP contribution is 2.18. The fraction of sp³-hybridized carbons (Fsp3) is 0.300. The Bertz CT molecular complexity index is 328. The van der Waals surface area contributed by atoms with Gasteiger partial charge < -0.3 is 10.5 Å². The third-order valence-electron chi connectivity index (χ3n) is 1.64. The molecule has 0 radical (unpaired) electrons. The average Bonchev–Trinajstić information content (AvgIpc) is 2.01. The molecule has 0 saturated heterocycles. The van der Waals surface area contributed by atoms with Crippen molar-refractivity contribution in [3.8, 4) is 5.75 Å². The van der Waals surface area contributed by atoms with E-state index in [1.165, 1.54) is 0 Å². The molecule has 1 rings (SSSR count). The van der Waals surface area contributed by atoms with Gasteiger partial charge in [-0.25, -0.2) is 0 Å². The number of halogens is 1. The van der Waals surface area contributed by atoms with Crippen LogP contribution in [0.25, 0.3) is 0 Å². The van der Waals surface area contributed by atoms with Crippen molar-refractivity contribution in [1.29, 1.82) is 5.41 Å². The van der Waals surface area contributed by atoms with Crippen LogP contribution in [0.3, 0.4) is 0 Å². The number of amidine groups is 1. The third kappa shape index (κ3) is 3.66. The minimum Gasteiger partial charge on any atom is -0.490 e. The first kappa shape index (κ1) is 10.9. The molecule has 0 aliphatic rings. The lowest BCUT2D eigenvalue weighted by atomic mass is 10.2. The lowest BCUT2D eigenvalue weighted by Crippen LogP contribution is -2.21. The second kappa shape index (κ2) is 4.86. The molecule has 1 unspecified atom stereocenters. The molecule has 0 spiro atoms. The molecule has 76 valence electrons. The number of rotatable bonds is 4. The SMILES string of the molecule is CC(CC(=N)N)Oc1cccc(Cl)c1. The van der Waals surface area contributed by atoms with Crippen LogP contribution in [0.1, 0.15) is 13.3 Å². The van der Waals surface area contributed by atoms with Crippen LogP contribution in [0.15, 0.2) is 24.3 Å². The van der Waals surface area contributed by atoms with Gasteiger partial charge in [-0.2, -0.15) is 0 Å². The summed E-state index contributed by atoms with van der Waals surface area (Å²) in [6.07, 6.45) is 0.318. The molecule has 0 aliphatic carbocycles. The van der Waals surface area contributed by atoms with Gasteiger partial charge in [0.25, 0.3) is 0 Å². The lowest BCUT2D eigenvalue weighted by Gasteiger charge is -2.13. The van der Waals surface area contributed by atoms with E-state index in [2.05, 4.69) is 0 Å². The topological polar surface area (TPSA) is 59.1 Å². The van der Waals surface area contributed by atoms with Gasteiger partial charge in [-0.15, -0.1) is 0 Å². The van der Waals surface area contributed by atoms with Gasteiger partial charge in [-0.1, -0.05) is 17.7 Å². The number of nitrogens with two attached hydrogens (primary N) is 1. The average molecular weight is 213 g/mol. The molecule has 14 heavy (non-hydrogen) atoms. The standard InChI is InChI=1S/C10H13ClN2O/c1-7(5-10(12)13)14-9-4-2-3-8(11)6-9/h2-4,6-7H,5H2,1H3,(H3,12,13). The van der Waals surface area contributed by atoms with Crippen LogP contribution in [-0.4, -0.2) is 11.9 Å². The Labute approximate surface area is 88.3 Å². The Kier molecular flexibility index (Phi) is 3.77. The second-order valence-electron chi connectivity index (χ2n) is 3.12. The van der Waals surface area contributed by atoms with E-state index in [1.54, 1.807) is 12.1 Å². The number of nitrogens with one attached hydrogen (secondary N) is 1. The molecule has 0 aliphatic heterocycles. The van der Waals surface area contributed by atoms with Crippen LogP contribution in [0.4, 0.5) is 0 Å². The molecule has 0 bridgehead atoms. The highest BCUT2D eigenvalue weighted by atomic mass is 35.5. The Morgan fingerprint density at radius 1 is 1.64 bits per heavy atom. The summed E-state index contributed by atoms with van der Waals surface area (Å²) in [5.41, 5.74) is 5.25. The van der Waals surface area contributed by atoms with Crippen molar-refractivity contribution in [2.75, 3.05) is 0 Å². The van der Waals surface area contributed by atoms with Crippen molar-refractivity contribution in [3.05, 3.63) is 29.3 Å². The highest BCUT2D eigenvalue weighted by Gasteiger charge is 2.05. The molecular formula is C10H13ClN2O. The van der Waals surface area contributed by atoms with Crippen LogP contribution in [0.2, 0.25) is 5.02 Å². The van der Waals surface area contributed by atoms with Crippen LogP contribution in [0, 0.1) is 5.41 Å². The van der Waals surface area contributed by atoms with Crippen LogP contribution >= 0.6 is 11.6 Å². The summed E-state index contributed by atoms with van der Waals surface area (Å²) in [6.45, 7) is 1.86. The van der Waals surface area contributed by atoms with E-state index in [0.717, 1.165) is 0 Å². The summed E-state index contributed by atoms with van der Waals surface area (Å²) in [7, 11) is 0. The van der Waals surface area contributed by atoms with Crippen LogP contribution < -0.4 is 10.5 Å². The first-order valence-corrected chi connectivity index (χ1v) is 4.71. The van der Waals surface area contributed by atoms with Gasteiger partial charge >= 0.3 is 0 Å². The molecule has 0 saturated carbocycles. The highest BCUT2D eigenvalue weighted by molar-refractivity contribution is 6.30. The van der Waals surface area contributed by atoms with Gasteiger partial charge in [0.2, 0.25) is 0 Å². The zero-order valence-corrected chi connectivity index (χ0v) is 8.71. The quantitative estimate of drug-likeness (QED) is 0.595. The van der Waals surface area contributed by atoms with Gasteiger partial charge in [-0.3, -0.25) is 5.41 Å². The zero-order valence-electron chi connectivity index (χ0n) is 7.96. The summed E-state index contributed by atoms with van der Waals surface area (Å²) in [5.74, 6) is 0.825. The largest absolute Gasteiger partial charge is 0.490 e. The van der Waals surface area contributed by atoms with Gasteiger partial charge in [0, 0.05) is 11.4 Å². The minimum absolute atomic E-state index is 0.106. The Morgan fingerprint density at radius 3 is 2.93 bits per heavy atom. The molecule has 0 aromatic heterocycles. The molecule has 0 fully saturated rings. The van der Waals surface area contributed by atoms with Gasteiger partial charge in [0.1, 0.15) is 11.9 Å². The van der Waals surface area contributed by atoms with Crippen LogP contribution in [-0.2, 0) is 0 Å². The molecule has 0 heterocycles. The monoisotopic (exact) mass is 212 g/mol. The van der Waals surface area contributed by atoms with Crippen molar-refractivity contribution < 1.29 is 4.74 Å². The fourth-order valence-corrected chi connectivity index (χ4v) is 1.30. The molecule has 0 amide bonds. The summed E-state index contributed by atoms with van der Waals surface area (Å²) in [6, 6.07) is 7.16. The van der Waals surface area contributed by atoms with Crippen molar-refractivity contribution in [1.82, 2.24) is 0 Å². The number of hydrogen-bond acceptors (Lipinski definition) is 2. The van der Waals surface area contributed by atoms with Gasteiger partial charge in [-0.05, 0) is 25.1 Å². The van der Waals surface area contributed by atoms with Crippen molar-refractivity contribution in [2.45, 2.75) is 19.4 Å². The second-order valence-corrected chi connectivity index (χ2v) is 3.55. The molecule has 1 aromatic carbocycles. The Balaban J connectivity index is 2.55. The first-order chi connectivity index (χ1) is 6.58. The summed E-state index contributed by atoms with van der Waals surface area (Å²) in [5, 5.41) is 7.74. The van der Waals surface area contributed by atoms with Gasteiger partial charge in [0.05, 0.1) is 5.84 Å². The molecule has 3 N–H and O–H groups in total. The van der Waals surface area contributed by atoms with Crippen molar-refractivity contribution in [3.63, 3.8) is 0 Å². The maximum absolute atomic E-state index is 7.10. The Hall–Kier alpha value is -1.22. The van der Waals surface area contributed by atoms with E-state index in [-0.39, 0.29) is 11.9 Å². The summed E-state index contributed by atoms with van der Waals surface area (Å²) >= 11 is 5.79. The lowest BCUT2D eigenvalue weighted by molar-refractivity contribution is 0.229. The summed E-state index contributed by atoms with van der Waals surface area (Å²) in [4.78, 5) is 0. The molecule has 1 atom stereocenters. The molecule has 1 aromatic rings. The van der Waals surface area contributed by atoms with Crippen molar-refractivity contribution >= 4 is 17.4 Å². The zero-order chi connectivity index (χ0) is 10.6. The molecular weight excluding hydrogens is 200 g/mol. The smallest absolute Gasteiger partial charge is 0.121 e. The normalized spacial score (nSPS) is 12.1. The third-order valence-corrected chi connectivity index (χ3v) is 1.88. The van der Waals surface area contributed by atoms with E-state index >= 15 is 0 Å². The van der Waals surface area contributed by atoms with E-state index in [4.69, 9.17) is 27.5 Å². The van der Waals surface area contributed by atoms with E-state index in [0.29, 0.717) is 17.2 Å². The Morgan fingerprint density at radius 2 is 2.36 bits per heavy atom. The van der Waals surface area contributed by atoms with E-state index in [9.17, 15) is 0 Å². The van der Waals surface area contributed by atoms with Gasteiger partial charge in [0.15, 0.2) is 0 Å². The molecule has 4 heteroatoms. The number of hydrogen-bond donors (Lipinski definition) is 2.